The summed E-state index contributed by atoms with van der Waals surface area (Å²) in [6.45, 7) is 6.09. The van der Waals surface area contributed by atoms with Gasteiger partial charge in [0, 0.05) is 37.7 Å². The van der Waals surface area contributed by atoms with Gasteiger partial charge in [0.05, 0.1) is 11.7 Å². The summed E-state index contributed by atoms with van der Waals surface area (Å²) in [5, 5.41) is 17.9. The maximum atomic E-state index is 9.51. The van der Waals surface area contributed by atoms with Crippen molar-refractivity contribution in [1.82, 2.24) is 20.1 Å². The lowest BCUT2D eigenvalue weighted by Gasteiger charge is -2.18. The van der Waals surface area contributed by atoms with Gasteiger partial charge in [-0.25, -0.2) is 0 Å². The summed E-state index contributed by atoms with van der Waals surface area (Å²) in [4.78, 5) is 4.49. The molecule has 0 spiro atoms. The Hall–Kier alpha value is -1.72. The Labute approximate surface area is 150 Å². The molecular weight excluding hydrogens is 312 g/mol. The number of aromatic nitrogens is 3. The second-order valence-corrected chi connectivity index (χ2v) is 7.45. The van der Waals surface area contributed by atoms with Gasteiger partial charge in [0.25, 0.3) is 0 Å². The van der Waals surface area contributed by atoms with Crippen LogP contribution in [0.3, 0.4) is 0 Å². The Bertz CT molecular complexity index is 647. The molecule has 0 radical (unpaired) electrons. The lowest BCUT2D eigenvalue weighted by Crippen LogP contribution is -2.28. The molecule has 136 valence electrons. The molecule has 0 aromatic carbocycles. The highest BCUT2D eigenvalue weighted by molar-refractivity contribution is 5.58. The molecule has 0 bridgehead atoms. The van der Waals surface area contributed by atoms with E-state index in [1.807, 2.05) is 24.4 Å². The normalized spacial score (nSPS) is 16.6. The van der Waals surface area contributed by atoms with Crippen LogP contribution in [0.15, 0.2) is 30.6 Å². The van der Waals surface area contributed by atoms with Crippen molar-refractivity contribution in [3.8, 4) is 11.4 Å². The van der Waals surface area contributed by atoms with Gasteiger partial charge in [0.1, 0.15) is 5.69 Å². The molecule has 2 aromatic heterocycles. The molecular formula is C20H30N4O. The van der Waals surface area contributed by atoms with Crippen LogP contribution in [0.1, 0.15) is 51.1 Å². The molecule has 5 heteroatoms. The third-order valence-corrected chi connectivity index (χ3v) is 5.31. The SMILES string of the molecule is CC(C)C(CO)CNCc1cn(C2CCCC2)nc1-c1ccccn1. The van der Waals surface area contributed by atoms with Crippen molar-refractivity contribution in [1.29, 1.82) is 0 Å². The predicted octanol–water partition coefficient (Wildman–Crippen LogP) is 3.41. The average Bonchev–Trinajstić information content (AvgIpc) is 3.28. The largest absolute Gasteiger partial charge is 0.396 e. The van der Waals surface area contributed by atoms with Crippen LogP contribution in [-0.2, 0) is 6.54 Å². The van der Waals surface area contributed by atoms with E-state index in [1.54, 1.807) is 0 Å². The van der Waals surface area contributed by atoms with Gasteiger partial charge in [0.15, 0.2) is 0 Å². The van der Waals surface area contributed by atoms with Crippen molar-refractivity contribution in [2.45, 2.75) is 52.1 Å². The molecule has 25 heavy (non-hydrogen) atoms. The minimum absolute atomic E-state index is 0.221. The molecule has 2 aromatic rings. The number of hydrogen-bond acceptors (Lipinski definition) is 4. The van der Waals surface area contributed by atoms with Crippen molar-refractivity contribution in [2.75, 3.05) is 13.2 Å². The highest BCUT2D eigenvalue weighted by Crippen LogP contribution is 2.31. The molecule has 3 rings (SSSR count). The summed E-state index contributed by atoms with van der Waals surface area (Å²) < 4.78 is 2.15. The summed E-state index contributed by atoms with van der Waals surface area (Å²) >= 11 is 0. The summed E-state index contributed by atoms with van der Waals surface area (Å²) in [5.74, 6) is 0.747. The van der Waals surface area contributed by atoms with Crippen molar-refractivity contribution in [3.05, 3.63) is 36.2 Å². The first-order valence-electron chi connectivity index (χ1n) is 9.50. The van der Waals surface area contributed by atoms with E-state index in [0.29, 0.717) is 12.0 Å². The molecule has 0 saturated heterocycles. The second kappa shape index (κ2) is 8.59. The molecule has 1 unspecified atom stereocenters. The zero-order chi connectivity index (χ0) is 17.6. The van der Waals surface area contributed by atoms with Crippen molar-refractivity contribution in [2.24, 2.45) is 11.8 Å². The maximum absolute atomic E-state index is 9.51. The van der Waals surface area contributed by atoms with Gasteiger partial charge >= 0.3 is 0 Å². The fourth-order valence-corrected chi connectivity index (χ4v) is 3.54. The minimum Gasteiger partial charge on any atom is -0.396 e. The Morgan fingerprint density at radius 3 is 2.72 bits per heavy atom. The third-order valence-electron chi connectivity index (χ3n) is 5.31. The molecule has 1 aliphatic rings. The van der Waals surface area contributed by atoms with E-state index >= 15 is 0 Å². The van der Waals surface area contributed by atoms with Crippen molar-refractivity contribution in [3.63, 3.8) is 0 Å². The lowest BCUT2D eigenvalue weighted by molar-refractivity contribution is 0.186. The Morgan fingerprint density at radius 2 is 2.08 bits per heavy atom. The second-order valence-electron chi connectivity index (χ2n) is 7.45. The highest BCUT2D eigenvalue weighted by atomic mass is 16.3. The Balaban J connectivity index is 1.76. The van der Waals surface area contributed by atoms with Gasteiger partial charge in [-0.3, -0.25) is 9.67 Å². The quantitative estimate of drug-likeness (QED) is 0.772. The summed E-state index contributed by atoms with van der Waals surface area (Å²) in [5.41, 5.74) is 3.09. The van der Waals surface area contributed by atoms with Gasteiger partial charge in [-0.05, 0) is 36.8 Å². The van der Waals surface area contributed by atoms with E-state index in [-0.39, 0.29) is 12.5 Å². The number of aliphatic hydroxyl groups excluding tert-OH is 1. The van der Waals surface area contributed by atoms with Crippen LogP contribution in [-0.4, -0.2) is 33.0 Å². The predicted molar refractivity (Wildman–Crippen MR) is 100 cm³/mol. The van der Waals surface area contributed by atoms with Crippen LogP contribution in [0.2, 0.25) is 0 Å². The van der Waals surface area contributed by atoms with Gasteiger partial charge in [-0.15, -0.1) is 0 Å². The standard InChI is InChI=1S/C20H30N4O/c1-15(2)17(14-25)12-21-11-16-13-24(18-7-3-4-8-18)23-20(16)19-9-5-6-10-22-19/h5-6,9-10,13,15,17-18,21,25H,3-4,7-8,11-12,14H2,1-2H3. The third kappa shape index (κ3) is 4.47. The van der Waals surface area contributed by atoms with E-state index in [2.05, 4.69) is 35.0 Å². The Kier molecular flexibility index (Phi) is 6.21. The number of nitrogens with zero attached hydrogens (tertiary/aromatic N) is 3. The number of hydrogen-bond donors (Lipinski definition) is 2. The first kappa shape index (κ1) is 18.1. The van der Waals surface area contributed by atoms with Gasteiger partial charge in [0.2, 0.25) is 0 Å². The Morgan fingerprint density at radius 1 is 1.28 bits per heavy atom. The van der Waals surface area contributed by atoms with Crippen LogP contribution in [0, 0.1) is 11.8 Å². The number of rotatable bonds is 8. The molecule has 0 aliphatic heterocycles. The summed E-state index contributed by atoms with van der Waals surface area (Å²) in [6, 6.07) is 6.49. The van der Waals surface area contributed by atoms with Crippen molar-refractivity contribution >= 4 is 0 Å². The highest BCUT2D eigenvalue weighted by Gasteiger charge is 2.21. The fourth-order valence-electron chi connectivity index (χ4n) is 3.54. The van der Waals surface area contributed by atoms with E-state index < -0.39 is 0 Å². The molecule has 1 aliphatic carbocycles. The van der Waals surface area contributed by atoms with Gasteiger partial charge in [-0.1, -0.05) is 32.8 Å². The van der Waals surface area contributed by atoms with Gasteiger partial charge < -0.3 is 10.4 Å². The minimum atomic E-state index is 0.221. The zero-order valence-electron chi connectivity index (χ0n) is 15.4. The topological polar surface area (TPSA) is 63.0 Å². The van der Waals surface area contributed by atoms with Crippen LogP contribution in [0.25, 0.3) is 11.4 Å². The van der Waals surface area contributed by atoms with Crippen molar-refractivity contribution < 1.29 is 5.11 Å². The van der Waals surface area contributed by atoms with Crippen LogP contribution < -0.4 is 5.32 Å². The maximum Gasteiger partial charge on any atom is 0.115 e. The zero-order valence-corrected chi connectivity index (χ0v) is 15.4. The first-order chi connectivity index (χ1) is 12.2. The smallest absolute Gasteiger partial charge is 0.115 e. The number of aliphatic hydroxyl groups is 1. The fraction of sp³-hybridized carbons (Fsp3) is 0.600. The molecule has 5 nitrogen and oxygen atoms in total. The van der Waals surface area contributed by atoms with E-state index in [9.17, 15) is 5.11 Å². The van der Waals surface area contributed by atoms with Gasteiger partial charge in [-0.2, -0.15) is 5.10 Å². The first-order valence-corrected chi connectivity index (χ1v) is 9.50. The lowest BCUT2D eigenvalue weighted by atomic mass is 9.97. The van der Waals surface area contributed by atoms with Crippen LogP contribution >= 0.6 is 0 Å². The number of nitrogens with one attached hydrogen (secondary N) is 1. The molecule has 0 amide bonds. The molecule has 2 N–H and O–H groups in total. The molecule has 1 atom stereocenters. The summed E-state index contributed by atoms with van der Waals surface area (Å²) in [7, 11) is 0. The van der Waals surface area contributed by atoms with Crippen LogP contribution in [0.5, 0.6) is 0 Å². The van der Waals surface area contributed by atoms with E-state index in [0.717, 1.165) is 24.5 Å². The number of pyridine rings is 1. The van der Waals surface area contributed by atoms with Crippen LogP contribution in [0.4, 0.5) is 0 Å². The average molecular weight is 342 g/mol. The monoisotopic (exact) mass is 342 g/mol. The van der Waals surface area contributed by atoms with E-state index in [4.69, 9.17) is 5.10 Å². The van der Waals surface area contributed by atoms with E-state index in [1.165, 1.54) is 31.2 Å². The summed E-state index contributed by atoms with van der Waals surface area (Å²) in [6.07, 6.45) is 9.04. The molecule has 2 heterocycles. The molecule has 1 fully saturated rings. The molecule has 1 saturated carbocycles.